The molecule has 0 radical (unpaired) electrons. The molecule has 2 aromatic heterocycles. The van der Waals surface area contributed by atoms with E-state index >= 15 is 0 Å². The molecular formula is C23H18Cl2N4O3S. The highest BCUT2D eigenvalue weighted by Gasteiger charge is 2.23. The van der Waals surface area contributed by atoms with Gasteiger partial charge in [0.1, 0.15) is 23.8 Å². The van der Waals surface area contributed by atoms with Crippen molar-refractivity contribution in [3.8, 4) is 33.3 Å². The van der Waals surface area contributed by atoms with Gasteiger partial charge in [0, 0.05) is 26.9 Å². The number of rotatable bonds is 7. The molecule has 0 atom stereocenters. The summed E-state index contributed by atoms with van der Waals surface area (Å²) >= 11 is 13.3. The lowest BCUT2D eigenvalue weighted by atomic mass is 9.96. The fourth-order valence-electron chi connectivity index (χ4n) is 3.32. The molecule has 0 spiro atoms. The van der Waals surface area contributed by atoms with E-state index in [4.69, 9.17) is 38.4 Å². The Labute approximate surface area is 204 Å². The van der Waals surface area contributed by atoms with Crippen LogP contribution in [0.4, 0.5) is 0 Å². The molecule has 4 rings (SSSR count). The Kier molecular flexibility index (Phi) is 6.78. The molecule has 0 aliphatic rings. The highest BCUT2D eigenvalue weighted by molar-refractivity contribution is 7.14. The molecule has 33 heavy (non-hydrogen) atoms. The Balaban J connectivity index is 1.72. The van der Waals surface area contributed by atoms with Crippen molar-refractivity contribution in [2.45, 2.75) is 13.5 Å². The summed E-state index contributed by atoms with van der Waals surface area (Å²) in [4.78, 5) is 17.1. The van der Waals surface area contributed by atoms with Crippen LogP contribution in [0.3, 0.4) is 0 Å². The number of halogens is 2. The lowest BCUT2D eigenvalue weighted by Crippen LogP contribution is -2.15. The van der Waals surface area contributed by atoms with Gasteiger partial charge in [-0.15, -0.1) is 10.2 Å². The molecule has 0 aliphatic heterocycles. The fraction of sp³-hybridized carbons (Fsp3) is 0.130. The van der Waals surface area contributed by atoms with Gasteiger partial charge in [0.25, 0.3) is 5.91 Å². The number of carbonyl (C=O) groups is 1. The molecule has 2 aromatic carbocycles. The van der Waals surface area contributed by atoms with Gasteiger partial charge in [-0.25, -0.2) is 4.98 Å². The summed E-state index contributed by atoms with van der Waals surface area (Å²) in [5, 5.41) is 10.4. The molecule has 10 heteroatoms. The van der Waals surface area contributed by atoms with Crippen molar-refractivity contribution in [1.82, 2.24) is 15.2 Å². The number of nitrogens with zero attached hydrogens (tertiary/aromatic N) is 3. The van der Waals surface area contributed by atoms with E-state index in [0.717, 1.165) is 5.56 Å². The van der Waals surface area contributed by atoms with Gasteiger partial charge in [-0.05, 0) is 37.3 Å². The van der Waals surface area contributed by atoms with Gasteiger partial charge in [0.2, 0.25) is 0 Å². The van der Waals surface area contributed by atoms with E-state index in [9.17, 15) is 4.79 Å². The molecule has 1 amide bonds. The topological polar surface area (TPSA) is 100 Å². The minimum atomic E-state index is -0.625. The molecule has 0 bridgehead atoms. The molecule has 4 aromatic rings. The first-order valence-corrected chi connectivity index (χ1v) is 11.3. The SMILES string of the molecule is COc1ccccc1-c1cc(C)nc(-c2nnc(COc3cc(Cl)cc(Cl)c3)s2)c1C(N)=O. The number of benzene rings is 2. The van der Waals surface area contributed by atoms with Crippen LogP contribution in [0, 0.1) is 6.92 Å². The minimum Gasteiger partial charge on any atom is -0.496 e. The second-order valence-electron chi connectivity index (χ2n) is 6.99. The summed E-state index contributed by atoms with van der Waals surface area (Å²) < 4.78 is 11.2. The first kappa shape index (κ1) is 23.0. The number of para-hydroxylation sites is 1. The van der Waals surface area contributed by atoms with E-state index in [2.05, 4.69) is 15.2 Å². The summed E-state index contributed by atoms with van der Waals surface area (Å²) in [7, 11) is 1.57. The number of aromatic nitrogens is 3. The van der Waals surface area contributed by atoms with Crippen LogP contribution in [0.15, 0.2) is 48.5 Å². The number of hydrogen-bond donors (Lipinski definition) is 1. The largest absolute Gasteiger partial charge is 0.496 e. The van der Waals surface area contributed by atoms with Crippen LogP contribution >= 0.6 is 34.5 Å². The van der Waals surface area contributed by atoms with Crippen molar-refractivity contribution >= 4 is 40.4 Å². The summed E-state index contributed by atoms with van der Waals surface area (Å²) in [5.41, 5.74) is 8.43. The quantitative estimate of drug-likeness (QED) is 0.356. The zero-order valence-electron chi connectivity index (χ0n) is 17.6. The van der Waals surface area contributed by atoms with Crippen molar-refractivity contribution in [1.29, 1.82) is 0 Å². The average molecular weight is 501 g/mol. The van der Waals surface area contributed by atoms with Crippen LogP contribution in [-0.2, 0) is 6.61 Å². The van der Waals surface area contributed by atoms with E-state index in [1.54, 1.807) is 31.4 Å². The molecule has 0 unspecified atom stereocenters. The molecule has 0 saturated carbocycles. The number of nitrogens with two attached hydrogens (primary N) is 1. The minimum absolute atomic E-state index is 0.144. The zero-order valence-corrected chi connectivity index (χ0v) is 20.0. The Morgan fingerprint density at radius 3 is 2.48 bits per heavy atom. The molecule has 0 fully saturated rings. The van der Waals surface area contributed by atoms with Crippen LogP contribution in [0.5, 0.6) is 11.5 Å². The molecular weight excluding hydrogens is 483 g/mol. The second kappa shape index (κ2) is 9.74. The van der Waals surface area contributed by atoms with E-state index < -0.39 is 5.91 Å². The lowest BCUT2D eigenvalue weighted by molar-refractivity contribution is 0.100. The smallest absolute Gasteiger partial charge is 0.251 e. The highest BCUT2D eigenvalue weighted by Crippen LogP contribution is 2.37. The zero-order chi connectivity index (χ0) is 23.5. The first-order chi connectivity index (χ1) is 15.9. The predicted octanol–water partition coefficient (Wildman–Crippen LogP) is 5.57. The second-order valence-corrected chi connectivity index (χ2v) is 8.93. The van der Waals surface area contributed by atoms with Crippen LogP contribution < -0.4 is 15.2 Å². The summed E-state index contributed by atoms with van der Waals surface area (Å²) in [6, 6.07) is 14.1. The number of methoxy groups -OCH3 is 1. The van der Waals surface area contributed by atoms with Crippen molar-refractivity contribution in [2.75, 3.05) is 7.11 Å². The van der Waals surface area contributed by atoms with E-state index in [1.807, 2.05) is 31.2 Å². The number of carbonyl (C=O) groups excluding carboxylic acids is 1. The summed E-state index contributed by atoms with van der Waals surface area (Å²) in [6.45, 7) is 1.98. The van der Waals surface area contributed by atoms with Crippen molar-refractivity contribution in [2.24, 2.45) is 5.73 Å². The third-order valence-corrected chi connectivity index (χ3v) is 6.00. The number of ether oxygens (including phenoxy) is 2. The molecule has 2 N–H and O–H groups in total. The van der Waals surface area contributed by atoms with Gasteiger partial charge in [-0.2, -0.15) is 0 Å². The monoisotopic (exact) mass is 500 g/mol. The van der Waals surface area contributed by atoms with Gasteiger partial charge in [-0.3, -0.25) is 4.79 Å². The number of hydrogen-bond acceptors (Lipinski definition) is 7. The Morgan fingerprint density at radius 1 is 1.06 bits per heavy atom. The Morgan fingerprint density at radius 2 is 1.79 bits per heavy atom. The predicted molar refractivity (Wildman–Crippen MR) is 129 cm³/mol. The molecule has 168 valence electrons. The third-order valence-electron chi connectivity index (χ3n) is 4.66. The molecule has 0 aliphatic carbocycles. The molecule has 0 saturated heterocycles. The maximum atomic E-state index is 12.5. The third kappa shape index (κ3) is 5.08. The van der Waals surface area contributed by atoms with Crippen LogP contribution in [0.1, 0.15) is 21.1 Å². The summed E-state index contributed by atoms with van der Waals surface area (Å²) in [6.07, 6.45) is 0. The Hall–Kier alpha value is -3.20. The first-order valence-electron chi connectivity index (χ1n) is 9.72. The molecule has 7 nitrogen and oxygen atoms in total. The van der Waals surface area contributed by atoms with Gasteiger partial charge < -0.3 is 15.2 Å². The van der Waals surface area contributed by atoms with Crippen molar-refractivity contribution in [3.63, 3.8) is 0 Å². The van der Waals surface area contributed by atoms with E-state index in [0.29, 0.717) is 48.5 Å². The van der Waals surface area contributed by atoms with E-state index in [-0.39, 0.29) is 12.2 Å². The van der Waals surface area contributed by atoms with Gasteiger partial charge in [0.05, 0.1) is 12.7 Å². The number of pyridine rings is 1. The lowest BCUT2D eigenvalue weighted by Gasteiger charge is -2.14. The van der Waals surface area contributed by atoms with Crippen LogP contribution in [0.25, 0.3) is 21.8 Å². The van der Waals surface area contributed by atoms with Gasteiger partial charge in [-0.1, -0.05) is 52.7 Å². The average Bonchev–Trinajstić information content (AvgIpc) is 3.25. The maximum Gasteiger partial charge on any atom is 0.251 e. The highest BCUT2D eigenvalue weighted by atomic mass is 35.5. The van der Waals surface area contributed by atoms with E-state index in [1.165, 1.54) is 11.3 Å². The fourth-order valence-corrected chi connectivity index (χ4v) is 4.58. The van der Waals surface area contributed by atoms with Crippen LogP contribution in [0.2, 0.25) is 10.0 Å². The van der Waals surface area contributed by atoms with Gasteiger partial charge in [0.15, 0.2) is 10.0 Å². The number of primary amides is 1. The number of amides is 1. The normalized spacial score (nSPS) is 10.8. The Bertz CT molecular complexity index is 1320. The van der Waals surface area contributed by atoms with Crippen LogP contribution in [-0.4, -0.2) is 28.2 Å². The molecule has 2 heterocycles. The maximum absolute atomic E-state index is 12.5. The number of aryl methyl sites for hydroxylation is 1. The van der Waals surface area contributed by atoms with Crippen molar-refractivity contribution in [3.05, 3.63) is 74.8 Å². The summed E-state index contributed by atoms with van der Waals surface area (Å²) in [5.74, 6) is 0.497. The van der Waals surface area contributed by atoms with Gasteiger partial charge >= 0.3 is 0 Å². The van der Waals surface area contributed by atoms with Crippen molar-refractivity contribution < 1.29 is 14.3 Å². The standard InChI is InChI=1S/C23H18Cl2N4O3S/c1-12-7-17(16-5-3-4-6-18(16)31-2)20(22(26)30)21(27-12)23-29-28-19(33-23)11-32-15-9-13(24)8-14(25)10-15/h3-10H,11H2,1-2H3,(H2,26,30).